The van der Waals surface area contributed by atoms with Crippen LogP contribution in [-0.4, -0.2) is 39.7 Å². The Kier molecular flexibility index (Phi) is 4.97. The molecule has 2 atom stereocenters. The van der Waals surface area contributed by atoms with Crippen LogP contribution < -0.4 is 0 Å². The van der Waals surface area contributed by atoms with E-state index in [9.17, 15) is 10.0 Å². The SMILES string of the molecule is CN(/[N+]([O-])=N/OC1CCCC(C(=O)O)C1)C(C)(C)C. The Balaban J connectivity index is 2.53. The summed E-state index contributed by atoms with van der Waals surface area (Å²) >= 11 is 0. The van der Waals surface area contributed by atoms with E-state index in [2.05, 4.69) is 5.28 Å². The largest absolute Gasteiger partial charge is 0.569 e. The van der Waals surface area contributed by atoms with Gasteiger partial charge in [-0.3, -0.25) is 4.79 Å². The Labute approximate surface area is 113 Å². The molecule has 7 heteroatoms. The molecule has 1 aliphatic rings. The molecule has 0 aromatic carbocycles. The molecule has 1 saturated carbocycles. The molecule has 7 nitrogen and oxygen atoms in total. The van der Waals surface area contributed by atoms with Crippen LogP contribution in [-0.2, 0) is 9.63 Å². The van der Waals surface area contributed by atoms with Gasteiger partial charge in [0.1, 0.15) is 6.10 Å². The molecule has 0 amide bonds. The minimum absolute atomic E-state index is 0.292. The third-order valence-corrected chi connectivity index (χ3v) is 3.47. The highest BCUT2D eigenvalue weighted by atomic mass is 16.7. The van der Waals surface area contributed by atoms with Crippen molar-refractivity contribution in [1.29, 1.82) is 0 Å². The molecule has 1 N–H and O–H groups in total. The van der Waals surface area contributed by atoms with Gasteiger partial charge in [-0.25, -0.2) is 0 Å². The zero-order valence-electron chi connectivity index (χ0n) is 12.0. The van der Waals surface area contributed by atoms with Gasteiger partial charge in [-0.2, -0.15) is 0 Å². The van der Waals surface area contributed by atoms with Crippen LogP contribution >= 0.6 is 0 Å². The van der Waals surface area contributed by atoms with E-state index in [1.165, 1.54) is 5.01 Å². The van der Waals surface area contributed by atoms with Crippen LogP contribution in [0.2, 0.25) is 0 Å². The van der Waals surface area contributed by atoms with E-state index in [1.54, 1.807) is 7.05 Å². The minimum Gasteiger partial charge on any atom is -0.569 e. The molecule has 110 valence electrons. The maximum absolute atomic E-state index is 11.7. The molecule has 0 spiro atoms. The lowest BCUT2D eigenvalue weighted by Gasteiger charge is -2.27. The van der Waals surface area contributed by atoms with Gasteiger partial charge in [0.15, 0.2) is 0 Å². The topological polar surface area (TPSA) is 88.2 Å². The van der Waals surface area contributed by atoms with Crippen LogP contribution in [0.5, 0.6) is 0 Å². The molecule has 2 unspecified atom stereocenters. The molecule has 1 aliphatic carbocycles. The second kappa shape index (κ2) is 6.08. The summed E-state index contributed by atoms with van der Waals surface area (Å²) in [7, 11) is 1.63. The van der Waals surface area contributed by atoms with Crippen molar-refractivity contribution in [3.63, 3.8) is 0 Å². The van der Waals surface area contributed by atoms with Crippen LogP contribution in [0.4, 0.5) is 0 Å². The summed E-state index contributed by atoms with van der Waals surface area (Å²) in [4.78, 5) is 16.5. The number of aliphatic carboxylic acids is 1. The number of hydrazine groups is 1. The van der Waals surface area contributed by atoms with Crippen LogP contribution in [0.25, 0.3) is 0 Å². The fourth-order valence-electron chi connectivity index (χ4n) is 1.88. The van der Waals surface area contributed by atoms with E-state index in [0.717, 1.165) is 12.8 Å². The third kappa shape index (κ3) is 4.57. The Morgan fingerprint density at radius 2 is 2.11 bits per heavy atom. The molecule has 0 aliphatic heterocycles. The van der Waals surface area contributed by atoms with Gasteiger partial charge in [0, 0.05) is 6.42 Å². The van der Waals surface area contributed by atoms with Gasteiger partial charge < -0.3 is 15.2 Å². The standard InChI is InChI=1S/C12H23N3O4/c1-12(2,3)14(4)15(18)13-19-10-7-5-6-9(8-10)11(16)17/h9-10H,5-8H2,1-4H3,(H,16,17)/b15-13-. The minimum atomic E-state index is -0.806. The summed E-state index contributed by atoms with van der Waals surface area (Å²) in [6.45, 7) is 5.65. The zero-order chi connectivity index (χ0) is 14.6. The van der Waals surface area contributed by atoms with Crippen molar-refractivity contribution in [3.8, 4) is 0 Å². The second-order valence-corrected chi connectivity index (χ2v) is 5.96. The van der Waals surface area contributed by atoms with Gasteiger partial charge in [-0.15, -0.1) is 5.01 Å². The molecule has 1 fully saturated rings. The number of hydrogen-bond acceptors (Lipinski definition) is 4. The molecular formula is C12H23N3O4. The average molecular weight is 273 g/mol. The predicted molar refractivity (Wildman–Crippen MR) is 68.0 cm³/mol. The maximum Gasteiger partial charge on any atom is 0.306 e. The van der Waals surface area contributed by atoms with Crippen molar-refractivity contribution in [1.82, 2.24) is 5.01 Å². The monoisotopic (exact) mass is 273 g/mol. The number of nitrogens with zero attached hydrogens (tertiary/aromatic N) is 3. The molecule has 0 saturated heterocycles. The van der Waals surface area contributed by atoms with E-state index < -0.39 is 11.9 Å². The van der Waals surface area contributed by atoms with Crippen molar-refractivity contribution in [2.24, 2.45) is 11.2 Å². The van der Waals surface area contributed by atoms with Gasteiger partial charge in [-0.1, -0.05) is 0 Å². The first-order valence-electron chi connectivity index (χ1n) is 6.52. The first-order chi connectivity index (χ1) is 8.71. The number of carboxylic acid groups (broad SMARTS) is 1. The number of carbonyl (C=O) groups is 1. The lowest BCUT2D eigenvalue weighted by atomic mass is 9.87. The second-order valence-electron chi connectivity index (χ2n) is 5.96. The highest BCUT2D eigenvalue weighted by Crippen LogP contribution is 2.26. The quantitative estimate of drug-likeness (QED) is 0.482. The van der Waals surface area contributed by atoms with Gasteiger partial charge in [0.2, 0.25) is 5.28 Å². The summed E-state index contributed by atoms with van der Waals surface area (Å²) in [6.07, 6.45) is 2.30. The van der Waals surface area contributed by atoms with Gasteiger partial charge >= 0.3 is 5.97 Å². The zero-order valence-corrected chi connectivity index (χ0v) is 12.0. The highest BCUT2D eigenvalue weighted by molar-refractivity contribution is 5.70. The van der Waals surface area contributed by atoms with Crippen LogP contribution in [0.3, 0.4) is 0 Å². The summed E-state index contributed by atoms with van der Waals surface area (Å²) < 4.78 is 0. The maximum atomic E-state index is 11.7. The summed E-state index contributed by atoms with van der Waals surface area (Å²) in [6, 6.07) is 0. The van der Waals surface area contributed by atoms with Crippen LogP contribution in [0.15, 0.2) is 5.28 Å². The van der Waals surface area contributed by atoms with Gasteiger partial charge in [0.05, 0.1) is 23.5 Å². The molecule has 0 heterocycles. The van der Waals surface area contributed by atoms with E-state index >= 15 is 0 Å². The number of hydrogen-bond donors (Lipinski definition) is 1. The fraction of sp³-hybridized carbons (Fsp3) is 0.917. The van der Waals surface area contributed by atoms with Crippen molar-refractivity contribution < 1.29 is 19.7 Å². The Morgan fingerprint density at radius 1 is 1.47 bits per heavy atom. The lowest BCUT2D eigenvalue weighted by Crippen LogP contribution is -2.42. The van der Waals surface area contributed by atoms with Crippen molar-refractivity contribution >= 4 is 5.97 Å². The van der Waals surface area contributed by atoms with Crippen molar-refractivity contribution in [2.45, 2.75) is 58.1 Å². The predicted octanol–water partition coefficient (Wildman–Crippen LogP) is 2.17. The summed E-state index contributed by atoms with van der Waals surface area (Å²) in [5.41, 5.74) is -0.356. The van der Waals surface area contributed by atoms with Crippen LogP contribution in [0.1, 0.15) is 46.5 Å². The van der Waals surface area contributed by atoms with E-state index in [0.29, 0.717) is 17.8 Å². The Hall–Kier alpha value is -1.53. The molecule has 0 bridgehead atoms. The first kappa shape index (κ1) is 15.5. The number of rotatable bonds is 4. The van der Waals surface area contributed by atoms with E-state index in [4.69, 9.17) is 9.94 Å². The Morgan fingerprint density at radius 3 is 2.63 bits per heavy atom. The van der Waals surface area contributed by atoms with Crippen LogP contribution in [0, 0.1) is 11.1 Å². The van der Waals surface area contributed by atoms with Gasteiger partial charge in [-0.05, 0) is 40.0 Å². The highest BCUT2D eigenvalue weighted by Gasteiger charge is 2.29. The molecule has 0 aromatic rings. The van der Waals surface area contributed by atoms with Gasteiger partial charge in [0.25, 0.3) is 0 Å². The normalized spacial score (nSPS) is 24.9. The van der Waals surface area contributed by atoms with E-state index in [-0.39, 0.29) is 11.6 Å². The molecule has 19 heavy (non-hydrogen) atoms. The average Bonchev–Trinajstić information content (AvgIpc) is 2.34. The third-order valence-electron chi connectivity index (χ3n) is 3.47. The number of carboxylic acids is 1. The summed E-state index contributed by atoms with van der Waals surface area (Å²) in [5, 5.41) is 25.6. The van der Waals surface area contributed by atoms with E-state index in [1.807, 2.05) is 20.8 Å². The lowest BCUT2D eigenvalue weighted by molar-refractivity contribution is -0.720. The fourth-order valence-corrected chi connectivity index (χ4v) is 1.88. The van der Waals surface area contributed by atoms with Crippen molar-refractivity contribution in [3.05, 3.63) is 5.21 Å². The Bertz CT molecular complexity index is 351. The molecule has 0 radical (unpaired) electrons. The molecule has 1 rings (SSSR count). The first-order valence-corrected chi connectivity index (χ1v) is 6.52. The molecule has 0 aromatic heterocycles. The smallest absolute Gasteiger partial charge is 0.306 e. The summed E-state index contributed by atoms with van der Waals surface area (Å²) in [5.74, 6) is -1.20. The molecular weight excluding hydrogens is 250 g/mol. The van der Waals surface area contributed by atoms with Crippen molar-refractivity contribution in [2.75, 3.05) is 7.05 Å².